The molecule has 8 heteroatoms. The Morgan fingerprint density at radius 1 is 1.21 bits per heavy atom. The lowest BCUT2D eigenvalue weighted by Crippen LogP contribution is -2.35. The van der Waals surface area contributed by atoms with Crippen molar-refractivity contribution >= 4 is 40.8 Å². The maximum absolute atomic E-state index is 14.7. The van der Waals surface area contributed by atoms with Crippen LogP contribution in [0.3, 0.4) is 0 Å². The molecule has 2 N–H and O–H groups in total. The van der Waals surface area contributed by atoms with Crippen LogP contribution in [0, 0.1) is 11.3 Å². The number of rotatable bonds is 8. The van der Waals surface area contributed by atoms with Gasteiger partial charge in [-0.15, -0.1) is 0 Å². The Hall–Kier alpha value is -2.18. The smallest absolute Gasteiger partial charge is 0.309 e. The summed E-state index contributed by atoms with van der Waals surface area (Å²) >= 11 is 12.3. The van der Waals surface area contributed by atoms with E-state index in [-0.39, 0.29) is 30.0 Å². The molecule has 1 saturated carbocycles. The molecule has 1 aliphatic rings. The predicted octanol–water partition coefficient (Wildman–Crippen LogP) is 7.19. The van der Waals surface area contributed by atoms with E-state index in [0.717, 1.165) is 0 Å². The SMILES string of the molecule is CC[C@@](C)(Cc1ccc(Cl)c(NC(=O)C(c2ccc(Cl)cc2)C2CCCC2(F)F)c1)C(=O)O. The zero-order chi connectivity index (χ0) is 24.4. The van der Waals surface area contributed by atoms with E-state index in [0.29, 0.717) is 29.0 Å². The highest BCUT2D eigenvalue weighted by molar-refractivity contribution is 6.33. The molecule has 2 unspecified atom stereocenters. The summed E-state index contributed by atoms with van der Waals surface area (Å²) in [5, 5.41) is 13.0. The first-order valence-corrected chi connectivity index (χ1v) is 11.7. The minimum atomic E-state index is -2.96. The quantitative estimate of drug-likeness (QED) is 0.405. The van der Waals surface area contributed by atoms with Gasteiger partial charge >= 0.3 is 5.97 Å². The summed E-state index contributed by atoms with van der Waals surface area (Å²) in [7, 11) is 0. The Morgan fingerprint density at radius 3 is 2.42 bits per heavy atom. The summed E-state index contributed by atoms with van der Waals surface area (Å²) < 4.78 is 29.4. The zero-order valence-corrected chi connectivity index (χ0v) is 20.0. The van der Waals surface area contributed by atoms with Gasteiger partial charge in [0.1, 0.15) is 0 Å². The van der Waals surface area contributed by atoms with Crippen LogP contribution in [0.25, 0.3) is 0 Å². The first-order valence-electron chi connectivity index (χ1n) is 10.9. The van der Waals surface area contributed by atoms with E-state index in [9.17, 15) is 23.5 Å². The van der Waals surface area contributed by atoms with Crippen LogP contribution in [0.1, 0.15) is 56.6 Å². The number of anilines is 1. The fourth-order valence-corrected chi connectivity index (χ4v) is 4.68. The molecule has 3 atom stereocenters. The van der Waals surface area contributed by atoms with Gasteiger partial charge in [0.15, 0.2) is 0 Å². The molecule has 4 nitrogen and oxygen atoms in total. The van der Waals surface area contributed by atoms with Crippen molar-refractivity contribution in [2.45, 2.75) is 57.8 Å². The number of benzene rings is 2. The van der Waals surface area contributed by atoms with Gasteiger partial charge in [-0.25, -0.2) is 8.78 Å². The Balaban J connectivity index is 1.92. The van der Waals surface area contributed by atoms with E-state index >= 15 is 0 Å². The summed E-state index contributed by atoms with van der Waals surface area (Å²) in [4.78, 5) is 25.0. The topological polar surface area (TPSA) is 66.4 Å². The Bertz CT molecular complexity index is 1030. The molecule has 0 spiro atoms. The lowest BCUT2D eigenvalue weighted by Gasteiger charge is -2.28. The average Bonchev–Trinajstić information content (AvgIpc) is 3.10. The third-order valence-electron chi connectivity index (χ3n) is 6.66. The van der Waals surface area contributed by atoms with Crippen LogP contribution in [0.5, 0.6) is 0 Å². The van der Waals surface area contributed by atoms with E-state index in [4.69, 9.17) is 23.2 Å². The number of carbonyl (C=O) groups excluding carboxylic acids is 1. The number of carbonyl (C=O) groups is 2. The van der Waals surface area contributed by atoms with E-state index in [1.165, 1.54) is 0 Å². The van der Waals surface area contributed by atoms with E-state index in [1.807, 2.05) is 0 Å². The van der Waals surface area contributed by atoms with Gasteiger partial charge in [-0.1, -0.05) is 48.3 Å². The van der Waals surface area contributed by atoms with Crippen molar-refractivity contribution in [3.05, 3.63) is 63.6 Å². The standard InChI is InChI=1S/C25H27Cl2F2NO3/c1-3-24(2,23(32)33)14-15-6-11-19(27)20(13-15)30-22(31)21(16-7-9-17(26)10-8-16)18-5-4-12-25(18,28)29/h6-11,13,18,21H,3-5,12,14H2,1-2H3,(H,30,31)(H,32,33)/t18?,21?,24-/m0/s1. The highest BCUT2D eigenvalue weighted by atomic mass is 35.5. The second kappa shape index (κ2) is 9.98. The average molecular weight is 498 g/mol. The van der Waals surface area contributed by atoms with Gasteiger partial charge in [0.25, 0.3) is 5.92 Å². The van der Waals surface area contributed by atoms with Crippen LogP contribution >= 0.6 is 23.2 Å². The van der Waals surface area contributed by atoms with Gasteiger partial charge in [-0.3, -0.25) is 9.59 Å². The van der Waals surface area contributed by atoms with Gasteiger partial charge in [-0.2, -0.15) is 0 Å². The fraction of sp³-hybridized carbons (Fsp3) is 0.440. The molecule has 2 aromatic carbocycles. The van der Waals surface area contributed by atoms with Gasteiger partial charge in [0.2, 0.25) is 5.91 Å². The zero-order valence-electron chi connectivity index (χ0n) is 18.5. The highest BCUT2D eigenvalue weighted by Gasteiger charge is 2.50. The van der Waals surface area contributed by atoms with Gasteiger partial charge in [-0.05, 0) is 68.0 Å². The first-order chi connectivity index (χ1) is 15.5. The van der Waals surface area contributed by atoms with Crippen molar-refractivity contribution in [2.75, 3.05) is 5.32 Å². The molecular weight excluding hydrogens is 471 g/mol. The maximum atomic E-state index is 14.7. The molecule has 1 amide bonds. The molecule has 0 saturated heterocycles. The number of hydrogen-bond donors (Lipinski definition) is 2. The number of aliphatic carboxylic acids is 1. The first kappa shape index (κ1) is 25.4. The van der Waals surface area contributed by atoms with Crippen LogP contribution in [0.2, 0.25) is 10.0 Å². The molecule has 0 aliphatic heterocycles. The predicted molar refractivity (Wildman–Crippen MR) is 126 cm³/mol. The summed E-state index contributed by atoms with van der Waals surface area (Å²) in [6.07, 6.45) is 0.976. The molecule has 2 aromatic rings. The number of carboxylic acids is 1. The van der Waals surface area contributed by atoms with Crippen molar-refractivity contribution in [1.82, 2.24) is 0 Å². The Kier molecular flexibility index (Phi) is 7.69. The molecule has 3 rings (SSSR count). The molecule has 0 heterocycles. The molecular formula is C25H27Cl2F2NO3. The summed E-state index contributed by atoms with van der Waals surface area (Å²) in [5.41, 5.74) is 0.423. The third-order valence-corrected chi connectivity index (χ3v) is 7.24. The number of hydrogen-bond acceptors (Lipinski definition) is 2. The summed E-state index contributed by atoms with van der Waals surface area (Å²) in [6, 6.07) is 11.2. The molecule has 1 fully saturated rings. The van der Waals surface area contributed by atoms with Crippen LogP contribution in [0.4, 0.5) is 14.5 Å². The number of alkyl halides is 2. The van der Waals surface area contributed by atoms with E-state index in [2.05, 4.69) is 5.32 Å². The molecule has 33 heavy (non-hydrogen) atoms. The number of nitrogens with one attached hydrogen (secondary N) is 1. The van der Waals surface area contributed by atoms with Crippen molar-refractivity contribution in [2.24, 2.45) is 11.3 Å². The van der Waals surface area contributed by atoms with Crippen molar-refractivity contribution in [3.8, 4) is 0 Å². The largest absolute Gasteiger partial charge is 0.481 e. The van der Waals surface area contributed by atoms with Crippen molar-refractivity contribution < 1.29 is 23.5 Å². The third kappa shape index (κ3) is 5.67. The monoisotopic (exact) mass is 497 g/mol. The lowest BCUT2D eigenvalue weighted by molar-refractivity contribution is -0.148. The van der Waals surface area contributed by atoms with Crippen LogP contribution in [0.15, 0.2) is 42.5 Å². The van der Waals surface area contributed by atoms with Gasteiger partial charge in [0.05, 0.1) is 22.0 Å². The van der Waals surface area contributed by atoms with E-state index < -0.39 is 35.0 Å². The van der Waals surface area contributed by atoms with Crippen LogP contribution < -0.4 is 5.32 Å². The molecule has 178 valence electrons. The second-order valence-electron chi connectivity index (χ2n) is 8.99. The second-order valence-corrected chi connectivity index (χ2v) is 9.83. The van der Waals surface area contributed by atoms with E-state index in [1.54, 1.807) is 56.3 Å². The van der Waals surface area contributed by atoms with Crippen molar-refractivity contribution in [1.29, 1.82) is 0 Å². The lowest BCUT2D eigenvalue weighted by atomic mass is 9.81. The molecule has 1 aliphatic carbocycles. The normalized spacial score (nSPS) is 20.1. The number of amides is 1. The number of halogens is 4. The fourth-order valence-electron chi connectivity index (χ4n) is 4.39. The molecule has 0 radical (unpaired) electrons. The Morgan fingerprint density at radius 2 is 1.88 bits per heavy atom. The van der Waals surface area contributed by atoms with Gasteiger partial charge < -0.3 is 10.4 Å². The molecule has 0 aromatic heterocycles. The maximum Gasteiger partial charge on any atom is 0.309 e. The van der Waals surface area contributed by atoms with Crippen LogP contribution in [-0.4, -0.2) is 22.9 Å². The minimum absolute atomic E-state index is 0.231. The minimum Gasteiger partial charge on any atom is -0.481 e. The molecule has 0 bridgehead atoms. The summed E-state index contributed by atoms with van der Waals surface area (Å²) in [6.45, 7) is 3.45. The summed E-state index contributed by atoms with van der Waals surface area (Å²) in [5.74, 6) is -6.69. The Labute approximate surface area is 202 Å². The number of carboxylic acid groups (broad SMARTS) is 1. The van der Waals surface area contributed by atoms with Gasteiger partial charge in [0, 0.05) is 17.4 Å². The van der Waals surface area contributed by atoms with Crippen LogP contribution in [-0.2, 0) is 16.0 Å². The van der Waals surface area contributed by atoms with Crippen molar-refractivity contribution in [3.63, 3.8) is 0 Å². The highest BCUT2D eigenvalue weighted by Crippen LogP contribution is 2.48.